The minimum atomic E-state index is -1.14. The Hall–Kier alpha value is -0.690. The molecule has 1 aliphatic rings. The molecule has 1 fully saturated rings. The first kappa shape index (κ1) is 27.3. The molecule has 178 valence electrons. The fraction of sp³-hybridized carbons (Fsp3) is 0.958. The molecule has 0 aliphatic carbocycles. The number of carbonyl (C=O) groups excluding carboxylic acids is 1. The molecule has 0 radical (unpaired) electrons. The largest absolute Gasteiger partial charge is 0.457 e. The number of aliphatic hydroxyl groups is 3. The molecule has 0 aromatic carbocycles. The van der Waals surface area contributed by atoms with Crippen molar-refractivity contribution in [1.82, 2.24) is 0 Å². The van der Waals surface area contributed by atoms with E-state index in [2.05, 4.69) is 6.92 Å². The summed E-state index contributed by atoms with van der Waals surface area (Å²) in [7, 11) is 0. The van der Waals surface area contributed by atoms with Crippen LogP contribution in [0.4, 0.5) is 0 Å². The zero-order valence-corrected chi connectivity index (χ0v) is 19.1. The van der Waals surface area contributed by atoms with E-state index < -0.39 is 31.0 Å². The summed E-state index contributed by atoms with van der Waals surface area (Å²) in [6, 6.07) is 0. The monoisotopic (exact) mass is 430 g/mol. The van der Waals surface area contributed by atoms with E-state index in [0.29, 0.717) is 6.42 Å². The summed E-state index contributed by atoms with van der Waals surface area (Å²) in [5.41, 5.74) is 0. The minimum absolute atomic E-state index is 0.0149. The molecular weight excluding hydrogens is 384 g/mol. The van der Waals surface area contributed by atoms with Gasteiger partial charge in [-0.1, -0.05) is 96.8 Å². The van der Waals surface area contributed by atoms with Crippen molar-refractivity contribution >= 4 is 5.97 Å². The Kier molecular flexibility index (Phi) is 16.3. The van der Waals surface area contributed by atoms with Crippen LogP contribution in [0.25, 0.3) is 0 Å². The van der Waals surface area contributed by atoms with Gasteiger partial charge in [-0.2, -0.15) is 0 Å². The third-order valence-electron chi connectivity index (χ3n) is 6.00. The van der Waals surface area contributed by atoms with Gasteiger partial charge >= 0.3 is 5.97 Å². The summed E-state index contributed by atoms with van der Waals surface area (Å²) in [5, 5.41) is 28.7. The Bertz CT molecular complexity index is 417. The fourth-order valence-corrected chi connectivity index (χ4v) is 4.03. The number of unbranched alkanes of at least 4 members (excludes halogenated alkanes) is 14. The van der Waals surface area contributed by atoms with Crippen molar-refractivity contribution in [3.63, 3.8) is 0 Å². The Balaban J connectivity index is 1.90. The number of ether oxygens (including phenoxy) is 2. The van der Waals surface area contributed by atoms with Crippen molar-refractivity contribution in [1.29, 1.82) is 0 Å². The second-order valence-corrected chi connectivity index (χ2v) is 8.77. The Labute approximate surface area is 183 Å². The maximum atomic E-state index is 12.0. The van der Waals surface area contributed by atoms with E-state index in [0.717, 1.165) is 19.3 Å². The lowest BCUT2D eigenvalue weighted by atomic mass is 10.0. The van der Waals surface area contributed by atoms with E-state index in [9.17, 15) is 20.1 Å². The molecule has 1 saturated heterocycles. The molecule has 6 heteroatoms. The molecule has 0 aromatic rings. The van der Waals surface area contributed by atoms with Crippen molar-refractivity contribution in [2.45, 2.75) is 134 Å². The summed E-state index contributed by atoms with van der Waals surface area (Å²) >= 11 is 0. The quantitative estimate of drug-likeness (QED) is 0.209. The SMILES string of the molecule is CCCCCCCCCCCCCCCCCC(=O)OC(CO)[C@H]1OC[C@@H](O)[C@@H]1O. The maximum absolute atomic E-state index is 12.0. The number of rotatable bonds is 19. The van der Waals surface area contributed by atoms with E-state index >= 15 is 0 Å². The fourth-order valence-electron chi connectivity index (χ4n) is 4.03. The smallest absolute Gasteiger partial charge is 0.306 e. The van der Waals surface area contributed by atoms with Crippen molar-refractivity contribution < 1.29 is 29.6 Å². The molecule has 0 amide bonds. The van der Waals surface area contributed by atoms with E-state index in [-0.39, 0.29) is 12.6 Å². The van der Waals surface area contributed by atoms with Gasteiger partial charge in [0.2, 0.25) is 0 Å². The van der Waals surface area contributed by atoms with Gasteiger partial charge in [0.15, 0.2) is 6.10 Å². The topological polar surface area (TPSA) is 96.2 Å². The zero-order chi connectivity index (χ0) is 22.0. The van der Waals surface area contributed by atoms with Crippen molar-refractivity contribution in [2.75, 3.05) is 13.2 Å². The predicted octanol–water partition coefficient (Wildman–Crippen LogP) is 4.27. The van der Waals surface area contributed by atoms with Gasteiger partial charge in [-0.3, -0.25) is 4.79 Å². The Morgan fingerprint density at radius 2 is 1.33 bits per heavy atom. The normalized spacial score (nSPS) is 22.3. The number of hydrogen-bond donors (Lipinski definition) is 3. The van der Waals surface area contributed by atoms with Crippen LogP contribution < -0.4 is 0 Å². The second-order valence-electron chi connectivity index (χ2n) is 8.77. The van der Waals surface area contributed by atoms with Gasteiger partial charge < -0.3 is 24.8 Å². The van der Waals surface area contributed by atoms with E-state index in [1.54, 1.807) is 0 Å². The lowest BCUT2D eigenvalue weighted by molar-refractivity contribution is -0.162. The Morgan fingerprint density at radius 1 is 0.867 bits per heavy atom. The van der Waals surface area contributed by atoms with E-state index in [1.165, 1.54) is 77.0 Å². The highest BCUT2D eigenvalue weighted by atomic mass is 16.6. The highest BCUT2D eigenvalue weighted by Crippen LogP contribution is 2.20. The average Bonchev–Trinajstić information content (AvgIpc) is 3.07. The second kappa shape index (κ2) is 17.9. The molecule has 30 heavy (non-hydrogen) atoms. The third kappa shape index (κ3) is 12.2. The number of carbonyl (C=O) groups is 1. The van der Waals surface area contributed by atoms with Crippen LogP contribution in [0.5, 0.6) is 0 Å². The van der Waals surface area contributed by atoms with Crippen LogP contribution >= 0.6 is 0 Å². The first-order valence-corrected chi connectivity index (χ1v) is 12.4. The summed E-state index contributed by atoms with van der Waals surface area (Å²) < 4.78 is 10.5. The first-order chi connectivity index (χ1) is 14.6. The lowest BCUT2D eigenvalue weighted by Gasteiger charge is -2.24. The highest BCUT2D eigenvalue weighted by Gasteiger charge is 2.41. The summed E-state index contributed by atoms with van der Waals surface area (Å²) in [6.07, 6.45) is 15.4. The molecule has 1 aliphatic heterocycles. The van der Waals surface area contributed by atoms with Crippen LogP contribution in [0.15, 0.2) is 0 Å². The number of esters is 1. The molecule has 1 unspecified atom stereocenters. The van der Waals surface area contributed by atoms with E-state index in [1.807, 2.05) is 0 Å². The van der Waals surface area contributed by atoms with Crippen molar-refractivity contribution in [3.8, 4) is 0 Å². The number of hydrogen-bond acceptors (Lipinski definition) is 6. The van der Waals surface area contributed by atoms with Crippen LogP contribution in [-0.4, -0.2) is 58.9 Å². The van der Waals surface area contributed by atoms with Crippen LogP contribution in [0, 0.1) is 0 Å². The van der Waals surface area contributed by atoms with Gasteiger partial charge in [0, 0.05) is 6.42 Å². The minimum Gasteiger partial charge on any atom is -0.457 e. The molecular formula is C24H46O6. The molecule has 0 saturated carbocycles. The van der Waals surface area contributed by atoms with Crippen LogP contribution in [0.2, 0.25) is 0 Å². The average molecular weight is 431 g/mol. The molecule has 0 bridgehead atoms. The molecule has 3 N–H and O–H groups in total. The maximum Gasteiger partial charge on any atom is 0.306 e. The number of aliphatic hydroxyl groups excluding tert-OH is 3. The van der Waals surface area contributed by atoms with Gasteiger partial charge in [0.25, 0.3) is 0 Å². The summed E-state index contributed by atoms with van der Waals surface area (Å²) in [4.78, 5) is 12.0. The third-order valence-corrected chi connectivity index (χ3v) is 6.00. The van der Waals surface area contributed by atoms with Crippen molar-refractivity contribution in [2.24, 2.45) is 0 Å². The van der Waals surface area contributed by atoms with Crippen molar-refractivity contribution in [3.05, 3.63) is 0 Å². The van der Waals surface area contributed by atoms with Crippen LogP contribution in [-0.2, 0) is 14.3 Å². The molecule has 6 nitrogen and oxygen atoms in total. The Morgan fingerprint density at radius 3 is 1.73 bits per heavy atom. The lowest BCUT2D eigenvalue weighted by Crippen LogP contribution is -2.43. The molecule has 0 spiro atoms. The van der Waals surface area contributed by atoms with E-state index in [4.69, 9.17) is 9.47 Å². The zero-order valence-electron chi connectivity index (χ0n) is 19.1. The predicted molar refractivity (Wildman–Crippen MR) is 118 cm³/mol. The van der Waals surface area contributed by atoms with Crippen LogP contribution in [0.3, 0.4) is 0 Å². The van der Waals surface area contributed by atoms with Gasteiger partial charge in [-0.15, -0.1) is 0 Å². The molecule has 1 rings (SSSR count). The van der Waals surface area contributed by atoms with Crippen LogP contribution in [0.1, 0.15) is 110 Å². The van der Waals surface area contributed by atoms with Gasteiger partial charge in [-0.05, 0) is 6.42 Å². The molecule has 1 heterocycles. The molecule has 4 atom stereocenters. The standard InChI is InChI=1S/C24H46O6/c1-2-3-4-5-6-7-8-9-10-11-12-13-14-15-16-17-22(27)30-21(18-25)24-23(28)20(26)19-29-24/h20-21,23-26,28H,2-19H2,1H3/t20-,21?,23+,24-/m1/s1. The van der Waals surface area contributed by atoms with Gasteiger partial charge in [0.05, 0.1) is 13.2 Å². The first-order valence-electron chi connectivity index (χ1n) is 12.4. The summed E-state index contributed by atoms with van der Waals surface area (Å²) in [6.45, 7) is 1.81. The van der Waals surface area contributed by atoms with Gasteiger partial charge in [0.1, 0.15) is 18.3 Å². The summed E-state index contributed by atoms with van der Waals surface area (Å²) in [5.74, 6) is -0.388. The highest BCUT2D eigenvalue weighted by molar-refractivity contribution is 5.69. The molecule has 0 aromatic heterocycles. The van der Waals surface area contributed by atoms with Gasteiger partial charge in [-0.25, -0.2) is 0 Å².